The number of rotatable bonds is 9. The van der Waals surface area contributed by atoms with Gasteiger partial charge in [0.1, 0.15) is 23.7 Å². The largest absolute Gasteiger partial charge is 0.484 e. The van der Waals surface area contributed by atoms with Crippen LogP contribution in [0.3, 0.4) is 0 Å². The predicted molar refractivity (Wildman–Crippen MR) is 111 cm³/mol. The number of para-hydroxylation sites is 1. The van der Waals surface area contributed by atoms with Crippen LogP contribution in [0, 0.1) is 6.92 Å². The summed E-state index contributed by atoms with van der Waals surface area (Å²) in [7, 11) is 0. The molecule has 0 aliphatic heterocycles. The molecule has 0 aliphatic rings. The van der Waals surface area contributed by atoms with Gasteiger partial charge < -0.3 is 19.8 Å². The molecule has 0 spiro atoms. The lowest BCUT2D eigenvalue weighted by molar-refractivity contribution is -0.123. The summed E-state index contributed by atoms with van der Waals surface area (Å²) in [6, 6.07) is 11.3. The topological polar surface area (TPSA) is 107 Å². The number of furan rings is 1. The Kier molecular flexibility index (Phi) is 5.88. The number of carbonyl (C=O) groups is 1. The highest BCUT2D eigenvalue weighted by atomic mass is 16.5. The van der Waals surface area contributed by atoms with Crippen LogP contribution < -0.4 is 15.4 Å². The van der Waals surface area contributed by atoms with Crippen molar-refractivity contribution >= 4 is 22.8 Å². The summed E-state index contributed by atoms with van der Waals surface area (Å²) in [6.45, 7) is 3.31. The number of nitrogens with one attached hydrogen (secondary N) is 2. The lowest BCUT2D eigenvalue weighted by atomic mass is 10.2. The van der Waals surface area contributed by atoms with Crippen molar-refractivity contribution in [2.45, 2.75) is 20.0 Å². The average molecular weight is 406 g/mol. The average Bonchev–Trinajstić information content (AvgIpc) is 3.42. The highest BCUT2D eigenvalue weighted by Gasteiger charge is 2.11. The molecule has 0 aliphatic carbocycles. The maximum atomic E-state index is 12.1. The van der Waals surface area contributed by atoms with E-state index in [-0.39, 0.29) is 12.5 Å². The summed E-state index contributed by atoms with van der Waals surface area (Å²) in [5.41, 5.74) is 1.68. The zero-order valence-electron chi connectivity index (χ0n) is 16.5. The Morgan fingerprint density at radius 2 is 2.10 bits per heavy atom. The third kappa shape index (κ3) is 4.57. The molecule has 0 bridgehead atoms. The third-order valence-electron chi connectivity index (χ3n) is 4.54. The molecular formula is C21H22N6O3. The molecule has 9 heteroatoms. The Hall–Kier alpha value is -3.88. The molecule has 0 saturated heterocycles. The number of benzene rings is 1. The molecule has 0 unspecified atom stereocenters. The van der Waals surface area contributed by atoms with Crippen molar-refractivity contribution in [2.75, 3.05) is 18.5 Å². The summed E-state index contributed by atoms with van der Waals surface area (Å²) in [5, 5.41) is 11.2. The number of amides is 1. The summed E-state index contributed by atoms with van der Waals surface area (Å²) < 4.78 is 12.6. The van der Waals surface area contributed by atoms with Gasteiger partial charge in [-0.1, -0.05) is 18.2 Å². The molecular weight excluding hydrogens is 384 g/mol. The van der Waals surface area contributed by atoms with Gasteiger partial charge in [-0.3, -0.25) is 4.79 Å². The quantitative estimate of drug-likeness (QED) is 0.440. The van der Waals surface area contributed by atoms with Crippen LogP contribution in [-0.2, 0) is 17.9 Å². The van der Waals surface area contributed by atoms with Crippen molar-refractivity contribution in [1.29, 1.82) is 0 Å². The number of ether oxygens (including phenoxy) is 1. The van der Waals surface area contributed by atoms with E-state index in [0.29, 0.717) is 36.8 Å². The number of aryl methyl sites for hydroxylation is 1. The first-order valence-corrected chi connectivity index (χ1v) is 9.58. The molecule has 3 heterocycles. The van der Waals surface area contributed by atoms with Gasteiger partial charge in [0.15, 0.2) is 12.3 Å². The molecule has 0 radical (unpaired) electrons. The Morgan fingerprint density at radius 3 is 2.93 bits per heavy atom. The van der Waals surface area contributed by atoms with Gasteiger partial charge >= 0.3 is 0 Å². The molecule has 154 valence electrons. The van der Waals surface area contributed by atoms with Crippen LogP contribution in [-0.4, -0.2) is 38.8 Å². The van der Waals surface area contributed by atoms with Crippen molar-refractivity contribution in [1.82, 2.24) is 25.1 Å². The van der Waals surface area contributed by atoms with E-state index < -0.39 is 0 Å². The number of hydrogen-bond acceptors (Lipinski definition) is 7. The number of aromatic nitrogens is 4. The molecule has 3 aromatic heterocycles. The highest BCUT2D eigenvalue weighted by molar-refractivity contribution is 5.86. The summed E-state index contributed by atoms with van der Waals surface area (Å²) in [6.07, 6.45) is 4.83. The highest BCUT2D eigenvalue weighted by Crippen LogP contribution is 2.19. The third-order valence-corrected chi connectivity index (χ3v) is 4.54. The van der Waals surface area contributed by atoms with Crippen LogP contribution in [0.4, 0.5) is 5.82 Å². The van der Waals surface area contributed by atoms with Gasteiger partial charge in [-0.05, 0) is 30.7 Å². The first kappa shape index (κ1) is 19.4. The molecule has 2 N–H and O–H groups in total. The standard InChI is InChI=1S/C21H22N6O3/c1-15-5-2-3-7-18(15)30-13-19(28)22-8-9-27-21-17(12-26-27)20(24-14-25-21)23-11-16-6-4-10-29-16/h2-7,10,12,14H,8-9,11,13H2,1H3,(H,22,28)(H,23,24,25). The fourth-order valence-electron chi connectivity index (χ4n) is 3.00. The van der Waals surface area contributed by atoms with Crippen LogP contribution in [0.1, 0.15) is 11.3 Å². The van der Waals surface area contributed by atoms with E-state index in [4.69, 9.17) is 9.15 Å². The second-order valence-electron chi connectivity index (χ2n) is 6.66. The van der Waals surface area contributed by atoms with Gasteiger partial charge in [0, 0.05) is 6.54 Å². The minimum atomic E-state index is -0.190. The molecule has 4 rings (SSSR count). The van der Waals surface area contributed by atoms with Gasteiger partial charge in [-0.2, -0.15) is 5.10 Å². The smallest absolute Gasteiger partial charge is 0.258 e. The lowest BCUT2D eigenvalue weighted by Crippen LogP contribution is -2.31. The SMILES string of the molecule is Cc1ccccc1OCC(=O)NCCn1ncc2c(NCc3ccco3)ncnc21. The fraction of sp³-hybridized carbons (Fsp3) is 0.238. The van der Waals surface area contributed by atoms with Crippen LogP contribution in [0.15, 0.2) is 59.6 Å². The normalized spacial score (nSPS) is 10.8. The van der Waals surface area contributed by atoms with Gasteiger partial charge in [-0.15, -0.1) is 0 Å². The van der Waals surface area contributed by atoms with Crippen LogP contribution in [0.5, 0.6) is 5.75 Å². The molecule has 0 saturated carbocycles. The summed E-state index contributed by atoms with van der Waals surface area (Å²) in [4.78, 5) is 20.7. The van der Waals surface area contributed by atoms with E-state index in [9.17, 15) is 4.79 Å². The minimum absolute atomic E-state index is 0.0340. The Balaban J connectivity index is 1.30. The van der Waals surface area contributed by atoms with E-state index in [1.54, 1.807) is 17.1 Å². The van der Waals surface area contributed by atoms with E-state index in [1.807, 2.05) is 43.3 Å². The summed E-state index contributed by atoms with van der Waals surface area (Å²) in [5.74, 6) is 2.00. The van der Waals surface area contributed by atoms with Crippen molar-refractivity contribution in [3.8, 4) is 5.75 Å². The maximum absolute atomic E-state index is 12.1. The van der Waals surface area contributed by atoms with Crippen LogP contribution in [0.2, 0.25) is 0 Å². The number of fused-ring (bicyclic) bond motifs is 1. The Bertz CT molecular complexity index is 1120. The zero-order chi connectivity index (χ0) is 20.8. The van der Waals surface area contributed by atoms with Crippen molar-refractivity contribution in [3.05, 3.63) is 66.5 Å². The van der Waals surface area contributed by atoms with E-state index in [0.717, 1.165) is 16.7 Å². The van der Waals surface area contributed by atoms with Gasteiger partial charge in [-0.25, -0.2) is 14.6 Å². The molecule has 4 aromatic rings. The van der Waals surface area contributed by atoms with Gasteiger partial charge in [0.2, 0.25) is 0 Å². The first-order chi connectivity index (χ1) is 14.7. The molecule has 1 aromatic carbocycles. The lowest BCUT2D eigenvalue weighted by Gasteiger charge is -2.09. The second-order valence-corrected chi connectivity index (χ2v) is 6.66. The molecule has 1 amide bonds. The van der Waals surface area contributed by atoms with E-state index in [1.165, 1.54) is 6.33 Å². The fourth-order valence-corrected chi connectivity index (χ4v) is 3.00. The summed E-state index contributed by atoms with van der Waals surface area (Å²) >= 11 is 0. The van der Waals surface area contributed by atoms with Crippen molar-refractivity contribution in [3.63, 3.8) is 0 Å². The van der Waals surface area contributed by atoms with Crippen molar-refractivity contribution < 1.29 is 13.9 Å². The monoisotopic (exact) mass is 406 g/mol. The van der Waals surface area contributed by atoms with E-state index in [2.05, 4.69) is 25.7 Å². The van der Waals surface area contributed by atoms with Crippen LogP contribution >= 0.6 is 0 Å². The zero-order valence-corrected chi connectivity index (χ0v) is 16.5. The van der Waals surface area contributed by atoms with Gasteiger partial charge in [0.25, 0.3) is 5.91 Å². The minimum Gasteiger partial charge on any atom is -0.484 e. The Morgan fingerprint density at radius 1 is 1.20 bits per heavy atom. The van der Waals surface area contributed by atoms with Crippen LogP contribution in [0.25, 0.3) is 11.0 Å². The predicted octanol–water partition coefficient (Wildman–Crippen LogP) is 2.54. The Labute approximate surface area is 173 Å². The number of anilines is 1. The molecule has 9 nitrogen and oxygen atoms in total. The maximum Gasteiger partial charge on any atom is 0.258 e. The first-order valence-electron chi connectivity index (χ1n) is 9.58. The van der Waals surface area contributed by atoms with Gasteiger partial charge in [0.05, 0.1) is 30.9 Å². The van der Waals surface area contributed by atoms with Crippen molar-refractivity contribution in [2.24, 2.45) is 0 Å². The molecule has 0 atom stereocenters. The molecule has 30 heavy (non-hydrogen) atoms. The number of carbonyl (C=O) groups excluding carboxylic acids is 1. The molecule has 0 fully saturated rings. The second kappa shape index (κ2) is 9.08. The van der Waals surface area contributed by atoms with E-state index >= 15 is 0 Å². The number of nitrogens with zero attached hydrogens (tertiary/aromatic N) is 4. The number of hydrogen-bond donors (Lipinski definition) is 2.